The van der Waals surface area contributed by atoms with E-state index in [9.17, 15) is 4.79 Å². The lowest BCUT2D eigenvalue weighted by molar-refractivity contribution is -0.117. The van der Waals surface area contributed by atoms with E-state index in [1.54, 1.807) is 0 Å². The van der Waals surface area contributed by atoms with Crippen LogP contribution < -0.4 is 5.84 Å². The number of nitrogens with zero attached hydrogens (tertiary/aromatic N) is 1. The molecule has 1 aliphatic rings. The van der Waals surface area contributed by atoms with Crippen molar-refractivity contribution in [1.82, 2.24) is 0 Å². The normalized spacial score (nSPS) is 18.4. The van der Waals surface area contributed by atoms with Gasteiger partial charge in [-0.25, -0.2) is 0 Å². The third-order valence-electron chi connectivity index (χ3n) is 2.29. The van der Waals surface area contributed by atoms with Crippen LogP contribution in [0.25, 0.3) is 0 Å². The first-order valence-electron chi connectivity index (χ1n) is 4.28. The zero-order valence-electron chi connectivity index (χ0n) is 7.46. The molecule has 0 heterocycles. The molecule has 14 heavy (non-hydrogen) atoms. The Morgan fingerprint density at radius 2 is 2.14 bits per heavy atom. The second-order valence-electron chi connectivity index (χ2n) is 3.27. The maximum atomic E-state index is 11.3. The summed E-state index contributed by atoms with van der Waals surface area (Å²) in [6.07, 6.45) is 0.835. The van der Waals surface area contributed by atoms with Crippen LogP contribution in [0.5, 0.6) is 0 Å². The monoisotopic (exact) mass is 252 g/mol. The summed E-state index contributed by atoms with van der Waals surface area (Å²) in [6, 6.07) is 5.81. The van der Waals surface area contributed by atoms with Gasteiger partial charge in [0.05, 0.1) is 12.1 Å². The minimum absolute atomic E-state index is 0.170. The van der Waals surface area contributed by atoms with E-state index in [0.717, 1.165) is 15.6 Å². The molecule has 1 aliphatic carbocycles. The number of Topliss-reactive ketones (excluding diaryl/α,β-unsaturated/α-hetero) is 1. The van der Waals surface area contributed by atoms with Crippen LogP contribution in [0.15, 0.2) is 27.8 Å². The highest BCUT2D eigenvalue weighted by molar-refractivity contribution is 9.10. The van der Waals surface area contributed by atoms with E-state index in [4.69, 9.17) is 5.84 Å². The van der Waals surface area contributed by atoms with E-state index in [2.05, 4.69) is 21.0 Å². The van der Waals surface area contributed by atoms with E-state index >= 15 is 0 Å². The average Bonchev–Trinajstić information content (AvgIpc) is 2.17. The SMILES string of the molecule is NN=C1CC(=O)Cc2ccc(Br)cc21. The number of ketones is 1. The molecule has 0 unspecified atom stereocenters. The largest absolute Gasteiger partial charge is 0.323 e. The summed E-state index contributed by atoms with van der Waals surface area (Å²) in [5.74, 6) is 5.42. The number of carbonyl (C=O) groups is 1. The van der Waals surface area contributed by atoms with Gasteiger partial charge in [-0.05, 0) is 17.7 Å². The third kappa shape index (κ3) is 1.57. The van der Waals surface area contributed by atoms with Crippen molar-refractivity contribution in [2.75, 3.05) is 0 Å². The molecule has 0 aromatic heterocycles. The zero-order chi connectivity index (χ0) is 10.1. The van der Waals surface area contributed by atoms with Gasteiger partial charge in [-0.1, -0.05) is 22.0 Å². The van der Waals surface area contributed by atoms with Gasteiger partial charge in [-0.3, -0.25) is 4.79 Å². The first-order valence-corrected chi connectivity index (χ1v) is 5.07. The molecule has 0 aliphatic heterocycles. The second-order valence-corrected chi connectivity index (χ2v) is 4.19. The smallest absolute Gasteiger partial charge is 0.143 e. The van der Waals surface area contributed by atoms with Crippen LogP contribution >= 0.6 is 15.9 Å². The molecule has 0 fully saturated rings. The standard InChI is InChI=1S/C10H9BrN2O/c11-7-2-1-6-3-8(14)5-10(13-12)9(6)4-7/h1-2,4H,3,5,12H2. The Kier molecular flexibility index (Phi) is 2.37. The van der Waals surface area contributed by atoms with Gasteiger partial charge in [0.25, 0.3) is 0 Å². The molecule has 2 rings (SSSR count). The summed E-state index contributed by atoms with van der Waals surface area (Å²) < 4.78 is 0.978. The Balaban J connectivity index is 2.57. The molecule has 3 nitrogen and oxygen atoms in total. The third-order valence-corrected chi connectivity index (χ3v) is 2.78. The molecule has 1 aromatic rings. The van der Waals surface area contributed by atoms with Gasteiger partial charge in [-0.2, -0.15) is 5.10 Å². The lowest BCUT2D eigenvalue weighted by Crippen LogP contribution is -2.21. The molecule has 72 valence electrons. The number of fused-ring (bicyclic) bond motifs is 1. The highest BCUT2D eigenvalue weighted by atomic mass is 79.9. The summed E-state index contributed by atoms with van der Waals surface area (Å²) in [5.41, 5.74) is 2.67. The van der Waals surface area contributed by atoms with E-state index in [1.165, 1.54) is 0 Å². The predicted octanol–water partition coefficient (Wildman–Crippen LogP) is 1.63. The lowest BCUT2D eigenvalue weighted by atomic mass is 9.89. The van der Waals surface area contributed by atoms with Crippen LogP contribution in [-0.2, 0) is 11.2 Å². The number of carbonyl (C=O) groups excluding carboxylic acids is 1. The van der Waals surface area contributed by atoms with Gasteiger partial charge in [0.2, 0.25) is 0 Å². The molecule has 2 N–H and O–H groups in total. The van der Waals surface area contributed by atoms with E-state index in [-0.39, 0.29) is 5.78 Å². The fourth-order valence-corrected chi connectivity index (χ4v) is 2.00. The van der Waals surface area contributed by atoms with Gasteiger partial charge >= 0.3 is 0 Å². The minimum atomic E-state index is 0.170. The van der Waals surface area contributed by atoms with Crippen LogP contribution in [0.2, 0.25) is 0 Å². The van der Waals surface area contributed by atoms with Crippen molar-refractivity contribution in [2.45, 2.75) is 12.8 Å². The number of hydrogen-bond acceptors (Lipinski definition) is 3. The van der Waals surface area contributed by atoms with Crippen LogP contribution in [0.3, 0.4) is 0 Å². The van der Waals surface area contributed by atoms with Gasteiger partial charge in [0, 0.05) is 16.5 Å². The molecule has 0 spiro atoms. The van der Waals surface area contributed by atoms with E-state index < -0.39 is 0 Å². The average molecular weight is 253 g/mol. The highest BCUT2D eigenvalue weighted by Gasteiger charge is 2.21. The van der Waals surface area contributed by atoms with E-state index in [0.29, 0.717) is 18.6 Å². The minimum Gasteiger partial charge on any atom is -0.323 e. The quantitative estimate of drug-likeness (QED) is 0.564. The lowest BCUT2D eigenvalue weighted by Gasteiger charge is -2.16. The van der Waals surface area contributed by atoms with Crippen LogP contribution in [0, 0.1) is 0 Å². The van der Waals surface area contributed by atoms with Gasteiger partial charge in [-0.15, -0.1) is 0 Å². The molecule has 0 atom stereocenters. The number of hydrogen-bond donors (Lipinski definition) is 1. The molecular weight excluding hydrogens is 244 g/mol. The van der Waals surface area contributed by atoms with Gasteiger partial charge in [0.1, 0.15) is 5.78 Å². The maximum absolute atomic E-state index is 11.3. The summed E-state index contributed by atoms with van der Waals surface area (Å²) in [7, 11) is 0. The Morgan fingerprint density at radius 1 is 1.36 bits per heavy atom. The molecule has 4 heteroatoms. The first kappa shape index (κ1) is 9.40. The van der Waals surface area contributed by atoms with Crippen molar-refractivity contribution < 1.29 is 4.79 Å². The molecule has 0 bridgehead atoms. The van der Waals surface area contributed by atoms with Crippen molar-refractivity contribution in [3.63, 3.8) is 0 Å². The highest BCUT2D eigenvalue weighted by Crippen LogP contribution is 2.23. The number of halogens is 1. The fourth-order valence-electron chi connectivity index (χ4n) is 1.64. The van der Waals surface area contributed by atoms with Crippen LogP contribution in [0.4, 0.5) is 0 Å². The molecular formula is C10H9BrN2O. The molecule has 0 saturated heterocycles. The van der Waals surface area contributed by atoms with Crippen LogP contribution in [-0.4, -0.2) is 11.5 Å². The fraction of sp³-hybridized carbons (Fsp3) is 0.200. The molecule has 0 saturated carbocycles. The predicted molar refractivity (Wildman–Crippen MR) is 58.2 cm³/mol. The summed E-state index contributed by atoms with van der Waals surface area (Å²) in [6.45, 7) is 0. The molecule has 0 radical (unpaired) electrons. The Hall–Kier alpha value is -1.16. The summed E-state index contributed by atoms with van der Waals surface area (Å²) >= 11 is 3.38. The summed E-state index contributed by atoms with van der Waals surface area (Å²) in [4.78, 5) is 11.3. The number of rotatable bonds is 0. The van der Waals surface area contributed by atoms with Crippen molar-refractivity contribution in [2.24, 2.45) is 10.9 Å². The Labute approximate surface area is 90.1 Å². The first-order chi connectivity index (χ1) is 6.70. The van der Waals surface area contributed by atoms with Crippen molar-refractivity contribution in [3.8, 4) is 0 Å². The number of hydrazone groups is 1. The Morgan fingerprint density at radius 3 is 2.86 bits per heavy atom. The molecule has 0 amide bonds. The van der Waals surface area contributed by atoms with E-state index in [1.807, 2.05) is 18.2 Å². The number of nitrogens with two attached hydrogens (primary N) is 1. The topological polar surface area (TPSA) is 55.4 Å². The Bertz CT molecular complexity index is 426. The number of benzene rings is 1. The zero-order valence-corrected chi connectivity index (χ0v) is 9.04. The van der Waals surface area contributed by atoms with Crippen molar-refractivity contribution in [3.05, 3.63) is 33.8 Å². The van der Waals surface area contributed by atoms with Crippen LogP contribution in [0.1, 0.15) is 17.5 Å². The summed E-state index contributed by atoms with van der Waals surface area (Å²) in [5, 5.41) is 3.66. The van der Waals surface area contributed by atoms with Gasteiger partial charge in [0.15, 0.2) is 0 Å². The van der Waals surface area contributed by atoms with Gasteiger partial charge < -0.3 is 5.84 Å². The molecule has 1 aromatic carbocycles. The van der Waals surface area contributed by atoms with Crippen molar-refractivity contribution >= 4 is 27.4 Å². The second kappa shape index (κ2) is 3.53. The van der Waals surface area contributed by atoms with Crippen molar-refractivity contribution in [1.29, 1.82) is 0 Å². The maximum Gasteiger partial charge on any atom is 0.143 e.